The van der Waals surface area contributed by atoms with E-state index in [1.807, 2.05) is 29.2 Å². The van der Waals surface area contributed by atoms with Crippen LogP contribution < -0.4 is 15.0 Å². The van der Waals surface area contributed by atoms with E-state index >= 15 is 0 Å². The monoisotopic (exact) mass is 413 g/mol. The first kappa shape index (κ1) is 20.7. The van der Waals surface area contributed by atoms with E-state index < -0.39 is 0 Å². The van der Waals surface area contributed by atoms with Crippen molar-refractivity contribution in [3.05, 3.63) is 24.3 Å². The molecular weight excluding hydrogens is 382 g/mol. The van der Waals surface area contributed by atoms with Crippen molar-refractivity contribution in [3.8, 4) is 17.1 Å². The Balaban J connectivity index is 1.34. The minimum atomic E-state index is -0.0495. The van der Waals surface area contributed by atoms with Crippen LogP contribution in [0, 0.1) is 5.92 Å². The zero-order valence-electron chi connectivity index (χ0n) is 17.8. The van der Waals surface area contributed by atoms with Crippen molar-refractivity contribution < 1.29 is 14.1 Å². The summed E-state index contributed by atoms with van der Waals surface area (Å²) in [6, 6.07) is 8.51. The first-order valence-corrected chi connectivity index (χ1v) is 10.9. The fourth-order valence-electron chi connectivity index (χ4n) is 4.47. The zero-order chi connectivity index (χ0) is 20.9. The van der Waals surface area contributed by atoms with Crippen LogP contribution in [0.1, 0.15) is 32.6 Å². The molecule has 162 valence electrons. The molecule has 8 heteroatoms. The normalized spacial score (nSPS) is 22.3. The summed E-state index contributed by atoms with van der Waals surface area (Å²) < 4.78 is 10.7. The number of carbonyl (C=O) groups is 1. The van der Waals surface area contributed by atoms with E-state index in [1.54, 1.807) is 7.11 Å². The molecule has 2 saturated heterocycles. The molecule has 3 heterocycles. The number of nitrogens with zero attached hydrogens (tertiary/aromatic N) is 4. The number of rotatable bonds is 7. The fraction of sp³-hybridized carbons (Fsp3) is 0.591. The Morgan fingerprint density at radius 1 is 1.23 bits per heavy atom. The molecule has 0 aliphatic carbocycles. The molecule has 0 spiro atoms. The molecule has 2 unspecified atom stereocenters. The van der Waals surface area contributed by atoms with Crippen LogP contribution in [0.15, 0.2) is 28.8 Å². The summed E-state index contributed by atoms with van der Waals surface area (Å²) in [7, 11) is 1.64. The highest BCUT2D eigenvalue weighted by molar-refractivity contribution is 5.79. The Morgan fingerprint density at radius 2 is 2.03 bits per heavy atom. The van der Waals surface area contributed by atoms with E-state index in [9.17, 15) is 4.79 Å². The molecule has 0 saturated carbocycles. The van der Waals surface area contributed by atoms with E-state index in [-0.39, 0.29) is 11.8 Å². The van der Waals surface area contributed by atoms with Crippen molar-refractivity contribution in [1.29, 1.82) is 0 Å². The second kappa shape index (κ2) is 9.47. The summed E-state index contributed by atoms with van der Waals surface area (Å²) in [6.45, 7) is 6.54. The first-order valence-electron chi connectivity index (χ1n) is 10.9. The molecule has 2 fully saturated rings. The molecule has 2 aliphatic heterocycles. The number of likely N-dealkylation sites (tertiary alicyclic amines) is 1. The fourth-order valence-corrected chi connectivity index (χ4v) is 4.47. The Hall–Kier alpha value is -2.61. The van der Waals surface area contributed by atoms with Gasteiger partial charge in [0, 0.05) is 31.2 Å². The van der Waals surface area contributed by atoms with Gasteiger partial charge in [-0.3, -0.25) is 9.69 Å². The Kier molecular flexibility index (Phi) is 6.52. The maximum atomic E-state index is 12.8. The molecule has 30 heavy (non-hydrogen) atoms. The number of benzene rings is 1. The lowest BCUT2D eigenvalue weighted by Crippen LogP contribution is -2.46. The Labute approximate surface area is 177 Å². The molecule has 4 rings (SSSR count). The third-order valence-electron chi connectivity index (χ3n) is 6.24. The number of aromatic nitrogens is 2. The lowest BCUT2D eigenvalue weighted by molar-refractivity contribution is -0.125. The third-order valence-corrected chi connectivity index (χ3v) is 6.24. The summed E-state index contributed by atoms with van der Waals surface area (Å²) in [6.07, 6.45) is 4.22. The number of likely N-dealkylation sites (N-methyl/N-ethyl adjacent to an activating group) is 1. The van der Waals surface area contributed by atoms with Gasteiger partial charge in [-0.25, -0.2) is 0 Å². The minimum absolute atomic E-state index is 0.0495. The zero-order valence-corrected chi connectivity index (χ0v) is 17.8. The number of hydrogen-bond acceptors (Lipinski definition) is 7. The van der Waals surface area contributed by atoms with E-state index in [2.05, 4.69) is 27.3 Å². The molecule has 1 amide bonds. The summed E-state index contributed by atoms with van der Waals surface area (Å²) in [5, 5.41) is 7.31. The van der Waals surface area contributed by atoms with Crippen LogP contribution in [-0.4, -0.2) is 66.8 Å². The predicted molar refractivity (Wildman–Crippen MR) is 115 cm³/mol. The number of methoxy groups -OCH3 is 1. The molecule has 1 aromatic carbocycles. The number of anilines is 1. The molecular formula is C22H31N5O3. The molecule has 2 aromatic rings. The van der Waals surface area contributed by atoms with Gasteiger partial charge in [0.15, 0.2) is 0 Å². The highest BCUT2D eigenvalue weighted by Gasteiger charge is 2.30. The Morgan fingerprint density at radius 3 is 2.80 bits per heavy atom. The quantitative estimate of drug-likeness (QED) is 0.747. The maximum Gasteiger partial charge on any atom is 0.324 e. The average molecular weight is 414 g/mol. The van der Waals surface area contributed by atoms with Crippen molar-refractivity contribution in [2.45, 2.75) is 38.6 Å². The molecule has 0 bridgehead atoms. The van der Waals surface area contributed by atoms with Gasteiger partial charge in [0.05, 0.1) is 13.0 Å². The van der Waals surface area contributed by atoms with Crippen LogP contribution in [0.5, 0.6) is 5.75 Å². The number of ether oxygens (including phenoxy) is 1. The van der Waals surface area contributed by atoms with Crippen LogP contribution in [0.2, 0.25) is 0 Å². The van der Waals surface area contributed by atoms with Gasteiger partial charge in [-0.1, -0.05) is 12.1 Å². The van der Waals surface area contributed by atoms with E-state index in [1.165, 1.54) is 12.8 Å². The number of amides is 1. The lowest BCUT2D eigenvalue weighted by atomic mass is 9.97. The van der Waals surface area contributed by atoms with Crippen molar-refractivity contribution in [3.63, 3.8) is 0 Å². The van der Waals surface area contributed by atoms with Crippen molar-refractivity contribution in [2.24, 2.45) is 5.92 Å². The smallest absolute Gasteiger partial charge is 0.324 e. The number of piperidine rings is 1. The van der Waals surface area contributed by atoms with Crippen LogP contribution >= 0.6 is 0 Å². The molecule has 1 aromatic heterocycles. The molecule has 2 atom stereocenters. The highest BCUT2D eigenvalue weighted by Crippen LogP contribution is 2.26. The number of hydrogen-bond donors (Lipinski definition) is 1. The third kappa shape index (κ3) is 4.59. The lowest BCUT2D eigenvalue weighted by Gasteiger charge is -2.31. The highest BCUT2D eigenvalue weighted by atomic mass is 16.5. The molecule has 2 aliphatic rings. The summed E-state index contributed by atoms with van der Waals surface area (Å²) in [4.78, 5) is 21.8. The number of nitrogens with one attached hydrogen (secondary N) is 1. The average Bonchev–Trinajstić information content (AvgIpc) is 3.47. The first-order chi connectivity index (χ1) is 14.7. The van der Waals surface area contributed by atoms with Crippen LogP contribution in [-0.2, 0) is 4.79 Å². The van der Waals surface area contributed by atoms with Crippen molar-refractivity contribution in [2.75, 3.05) is 44.7 Å². The van der Waals surface area contributed by atoms with Crippen molar-refractivity contribution >= 4 is 11.9 Å². The van der Waals surface area contributed by atoms with Gasteiger partial charge >= 0.3 is 6.01 Å². The minimum Gasteiger partial charge on any atom is -0.497 e. The molecule has 1 N–H and O–H groups in total. The largest absolute Gasteiger partial charge is 0.497 e. The standard InChI is InChI=1S/C22H31N5O3/c1-3-26-12-5-7-18(26)14-23-21(28)17-6-4-13-27(15-17)22-24-20(25-30-22)16-8-10-19(29-2)11-9-16/h8-11,17-18H,3-7,12-15H2,1-2H3,(H,23,28). The second-order valence-corrected chi connectivity index (χ2v) is 8.08. The van der Waals surface area contributed by atoms with E-state index in [0.717, 1.165) is 50.3 Å². The van der Waals surface area contributed by atoms with Crippen LogP contribution in [0.3, 0.4) is 0 Å². The van der Waals surface area contributed by atoms with E-state index in [4.69, 9.17) is 9.26 Å². The molecule has 0 radical (unpaired) electrons. The van der Waals surface area contributed by atoms with E-state index in [0.29, 0.717) is 24.4 Å². The van der Waals surface area contributed by atoms with Crippen molar-refractivity contribution in [1.82, 2.24) is 20.4 Å². The van der Waals surface area contributed by atoms with Gasteiger partial charge in [-0.05, 0) is 63.0 Å². The predicted octanol–water partition coefficient (Wildman–Crippen LogP) is 2.56. The van der Waals surface area contributed by atoms with Crippen LogP contribution in [0.4, 0.5) is 6.01 Å². The van der Waals surface area contributed by atoms with Gasteiger partial charge in [-0.2, -0.15) is 4.98 Å². The summed E-state index contributed by atoms with van der Waals surface area (Å²) in [5.41, 5.74) is 0.870. The van der Waals surface area contributed by atoms with Gasteiger partial charge < -0.3 is 19.5 Å². The van der Waals surface area contributed by atoms with Crippen LogP contribution in [0.25, 0.3) is 11.4 Å². The van der Waals surface area contributed by atoms with Gasteiger partial charge in [0.25, 0.3) is 0 Å². The Bertz CT molecular complexity index is 838. The van der Waals surface area contributed by atoms with Gasteiger partial charge in [0.1, 0.15) is 5.75 Å². The summed E-state index contributed by atoms with van der Waals surface area (Å²) in [5.74, 6) is 1.41. The van der Waals surface area contributed by atoms with Gasteiger partial charge in [0.2, 0.25) is 11.7 Å². The summed E-state index contributed by atoms with van der Waals surface area (Å²) >= 11 is 0. The van der Waals surface area contributed by atoms with Gasteiger partial charge in [-0.15, -0.1) is 0 Å². The second-order valence-electron chi connectivity index (χ2n) is 8.08. The topological polar surface area (TPSA) is 83.7 Å². The SMILES string of the molecule is CCN1CCCC1CNC(=O)C1CCCN(c2nc(-c3ccc(OC)cc3)no2)C1. The maximum absolute atomic E-state index is 12.8. The molecule has 8 nitrogen and oxygen atoms in total. The number of carbonyl (C=O) groups excluding carboxylic acids is 1.